The van der Waals surface area contributed by atoms with E-state index in [1.807, 2.05) is 0 Å². The summed E-state index contributed by atoms with van der Waals surface area (Å²) in [4.78, 5) is 11.5. The molecule has 16 heavy (non-hydrogen) atoms. The molecule has 0 aromatic heterocycles. The first-order valence-electron chi connectivity index (χ1n) is 5.81. The number of allylic oxidation sites excluding steroid dienone is 3. The molecular weight excluding hydrogens is 220 g/mol. The van der Waals surface area contributed by atoms with Gasteiger partial charge < -0.3 is 4.74 Å². The SMILES string of the molecule is CCC(CC)(OC(=O)SC)C1=CC=CCC1. The lowest BCUT2D eigenvalue weighted by atomic mass is 9.83. The molecule has 1 aliphatic carbocycles. The molecule has 0 N–H and O–H groups in total. The Morgan fingerprint density at radius 2 is 2.19 bits per heavy atom. The molecule has 90 valence electrons. The molecule has 3 heteroatoms. The molecule has 0 saturated heterocycles. The second-order valence-electron chi connectivity index (χ2n) is 3.92. The average Bonchev–Trinajstić information content (AvgIpc) is 2.37. The Bertz CT molecular complexity index is 301. The molecule has 0 heterocycles. The van der Waals surface area contributed by atoms with Gasteiger partial charge in [-0.15, -0.1) is 0 Å². The van der Waals surface area contributed by atoms with E-state index in [-0.39, 0.29) is 10.9 Å². The summed E-state index contributed by atoms with van der Waals surface area (Å²) >= 11 is 1.14. The second kappa shape index (κ2) is 6.14. The number of ether oxygens (including phenoxy) is 1. The summed E-state index contributed by atoms with van der Waals surface area (Å²) in [5.74, 6) is 0. The first-order valence-corrected chi connectivity index (χ1v) is 7.04. The molecule has 2 nitrogen and oxygen atoms in total. The minimum absolute atomic E-state index is 0.181. The topological polar surface area (TPSA) is 26.3 Å². The van der Waals surface area contributed by atoms with Gasteiger partial charge in [-0.1, -0.05) is 32.1 Å². The maximum atomic E-state index is 11.5. The maximum absolute atomic E-state index is 11.5. The third-order valence-electron chi connectivity index (χ3n) is 3.19. The molecule has 0 amide bonds. The van der Waals surface area contributed by atoms with Gasteiger partial charge in [0.1, 0.15) is 5.60 Å². The molecule has 0 aromatic carbocycles. The van der Waals surface area contributed by atoms with Crippen LogP contribution in [0.25, 0.3) is 0 Å². The van der Waals surface area contributed by atoms with E-state index in [1.165, 1.54) is 5.57 Å². The van der Waals surface area contributed by atoms with E-state index in [4.69, 9.17) is 4.74 Å². The zero-order valence-corrected chi connectivity index (χ0v) is 11.1. The smallest absolute Gasteiger partial charge is 0.367 e. The predicted octanol–water partition coefficient (Wildman–Crippen LogP) is 4.32. The minimum Gasteiger partial charge on any atom is -0.446 e. The molecule has 0 unspecified atom stereocenters. The monoisotopic (exact) mass is 240 g/mol. The quantitative estimate of drug-likeness (QED) is 0.684. The normalized spacial score (nSPS) is 15.8. The Kier molecular flexibility index (Phi) is 5.13. The van der Waals surface area contributed by atoms with Crippen LogP contribution >= 0.6 is 11.8 Å². The van der Waals surface area contributed by atoms with Crippen molar-refractivity contribution in [3.8, 4) is 0 Å². The molecule has 0 radical (unpaired) electrons. The zero-order chi connectivity index (χ0) is 12.0. The first-order chi connectivity index (χ1) is 7.68. The summed E-state index contributed by atoms with van der Waals surface area (Å²) < 4.78 is 5.65. The van der Waals surface area contributed by atoms with Crippen LogP contribution < -0.4 is 0 Å². The van der Waals surface area contributed by atoms with Crippen LogP contribution in [0.3, 0.4) is 0 Å². The molecule has 0 spiro atoms. The molecule has 1 aliphatic rings. The van der Waals surface area contributed by atoms with Gasteiger partial charge in [0, 0.05) is 0 Å². The van der Waals surface area contributed by atoms with E-state index < -0.39 is 0 Å². The third-order valence-corrected chi connectivity index (χ3v) is 3.60. The molecule has 0 bridgehead atoms. The van der Waals surface area contributed by atoms with E-state index >= 15 is 0 Å². The number of hydrogen-bond donors (Lipinski definition) is 0. The number of rotatable bonds is 4. The van der Waals surface area contributed by atoms with Crippen molar-refractivity contribution < 1.29 is 9.53 Å². The fourth-order valence-electron chi connectivity index (χ4n) is 2.10. The molecule has 0 atom stereocenters. The van der Waals surface area contributed by atoms with E-state index in [9.17, 15) is 4.79 Å². The number of carbonyl (C=O) groups is 1. The van der Waals surface area contributed by atoms with Crippen molar-refractivity contribution >= 4 is 17.1 Å². The van der Waals surface area contributed by atoms with Crippen LogP contribution in [-0.2, 0) is 4.74 Å². The van der Waals surface area contributed by atoms with Crippen LogP contribution in [0.4, 0.5) is 4.79 Å². The van der Waals surface area contributed by atoms with Crippen molar-refractivity contribution in [3.63, 3.8) is 0 Å². The third kappa shape index (κ3) is 2.91. The summed E-state index contributed by atoms with van der Waals surface area (Å²) in [6.45, 7) is 4.16. The Labute approximate surface area is 102 Å². The number of carbonyl (C=O) groups excluding carboxylic acids is 1. The Hall–Kier alpha value is -0.700. The van der Waals surface area contributed by atoms with Crippen LogP contribution in [0, 0.1) is 0 Å². The van der Waals surface area contributed by atoms with Crippen molar-refractivity contribution in [2.75, 3.05) is 6.26 Å². The molecular formula is C13H20O2S. The van der Waals surface area contributed by atoms with Crippen molar-refractivity contribution in [2.45, 2.75) is 45.1 Å². The first kappa shape index (κ1) is 13.4. The fraction of sp³-hybridized carbons (Fsp3) is 0.615. The molecule has 1 rings (SSSR count). The summed E-state index contributed by atoms with van der Waals surface area (Å²) in [6.07, 6.45) is 11.8. The minimum atomic E-state index is -0.384. The second-order valence-corrected chi connectivity index (χ2v) is 4.66. The van der Waals surface area contributed by atoms with Gasteiger partial charge in [0.25, 0.3) is 0 Å². The van der Waals surface area contributed by atoms with E-state index in [0.717, 1.165) is 37.4 Å². The Morgan fingerprint density at radius 3 is 2.62 bits per heavy atom. The lowest BCUT2D eigenvalue weighted by Gasteiger charge is -2.34. The zero-order valence-electron chi connectivity index (χ0n) is 10.3. The van der Waals surface area contributed by atoms with Crippen LogP contribution in [0.1, 0.15) is 39.5 Å². The van der Waals surface area contributed by atoms with Crippen molar-refractivity contribution in [1.29, 1.82) is 0 Å². The van der Waals surface area contributed by atoms with Gasteiger partial charge >= 0.3 is 5.30 Å². The number of thioether (sulfide) groups is 1. The van der Waals surface area contributed by atoms with Gasteiger partial charge in [0.2, 0.25) is 0 Å². The Morgan fingerprint density at radius 1 is 1.50 bits per heavy atom. The maximum Gasteiger partial charge on any atom is 0.367 e. The van der Waals surface area contributed by atoms with Gasteiger partial charge in [0.15, 0.2) is 0 Å². The van der Waals surface area contributed by atoms with Crippen molar-refractivity contribution in [1.82, 2.24) is 0 Å². The highest BCUT2D eigenvalue weighted by Crippen LogP contribution is 2.35. The molecule has 0 aliphatic heterocycles. The van der Waals surface area contributed by atoms with Crippen LogP contribution in [0.5, 0.6) is 0 Å². The molecule has 0 fully saturated rings. The largest absolute Gasteiger partial charge is 0.446 e. The van der Waals surface area contributed by atoms with Crippen molar-refractivity contribution in [3.05, 3.63) is 23.8 Å². The van der Waals surface area contributed by atoms with Gasteiger partial charge in [-0.25, -0.2) is 4.79 Å². The highest BCUT2D eigenvalue weighted by molar-refractivity contribution is 8.12. The van der Waals surface area contributed by atoms with Crippen molar-refractivity contribution in [2.24, 2.45) is 0 Å². The van der Waals surface area contributed by atoms with Crippen LogP contribution in [-0.4, -0.2) is 17.2 Å². The summed E-state index contributed by atoms with van der Waals surface area (Å²) in [7, 11) is 0. The lowest BCUT2D eigenvalue weighted by Crippen LogP contribution is -2.35. The van der Waals surface area contributed by atoms with Gasteiger partial charge in [-0.05, 0) is 49.3 Å². The van der Waals surface area contributed by atoms with E-state index in [1.54, 1.807) is 6.26 Å². The van der Waals surface area contributed by atoms with Crippen LogP contribution in [0.15, 0.2) is 23.8 Å². The average molecular weight is 240 g/mol. The Balaban J connectivity index is 2.90. The molecule has 0 aromatic rings. The van der Waals surface area contributed by atoms with Gasteiger partial charge in [-0.2, -0.15) is 0 Å². The lowest BCUT2D eigenvalue weighted by molar-refractivity contribution is 0.0483. The highest BCUT2D eigenvalue weighted by atomic mass is 32.2. The summed E-state index contributed by atoms with van der Waals surface area (Å²) in [6, 6.07) is 0. The van der Waals surface area contributed by atoms with Gasteiger partial charge in [0.05, 0.1) is 0 Å². The van der Waals surface area contributed by atoms with E-state index in [0.29, 0.717) is 0 Å². The fourth-order valence-corrected chi connectivity index (χ4v) is 2.34. The summed E-state index contributed by atoms with van der Waals surface area (Å²) in [5, 5.41) is -0.181. The summed E-state index contributed by atoms with van der Waals surface area (Å²) in [5.41, 5.74) is 0.868. The van der Waals surface area contributed by atoms with Gasteiger partial charge in [-0.3, -0.25) is 0 Å². The predicted molar refractivity (Wildman–Crippen MR) is 69.8 cm³/mol. The molecule has 0 saturated carbocycles. The standard InChI is InChI=1S/C13H20O2S/c1-4-13(5-2,15-12(14)16-3)11-9-7-6-8-10-11/h6-7,9H,4-5,8,10H2,1-3H3. The highest BCUT2D eigenvalue weighted by Gasteiger charge is 2.34. The number of hydrogen-bond acceptors (Lipinski definition) is 3. The van der Waals surface area contributed by atoms with Crippen LogP contribution in [0.2, 0.25) is 0 Å². The van der Waals surface area contributed by atoms with E-state index in [2.05, 4.69) is 32.1 Å².